The molecule has 1 aliphatic heterocycles. The number of halogens is 3. The van der Waals surface area contributed by atoms with Crippen LogP contribution in [0.5, 0.6) is 0 Å². The van der Waals surface area contributed by atoms with Gasteiger partial charge in [-0.1, -0.05) is 12.1 Å². The number of rotatable bonds is 9. The van der Waals surface area contributed by atoms with Gasteiger partial charge in [-0.25, -0.2) is 4.79 Å². The highest BCUT2D eigenvalue weighted by atomic mass is 32.1. The lowest BCUT2D eigenvalue weighted by molar-refractivity contribution is -0.155. The zero-order chi connectivity index (χ0) is 29.8. The Hall–Kier alpha value is -3.94. The van der Waals surface area contributed by atoms with Gasteiger partial charge in [0.2, 0.25) is 5.91 Å². The average Bonchev–Trinajstić information content (AvgIpc) is 3.47. The summed E-state index contributed by atoms with van der Waals surface area (Å²) in [6.07, 6.45) is -5.47. The lowest BCUT2D eigenvalue weighted by Gasteiger charge is -2.21. The topological polar surface area (TPSA) is 140 Å². The van der Waals surface area contributed by atoms with Gasteiger partial charge in [-0.3, -0.25) is 19.2 Å². The maximum atomic E-state index is 13.8. The van der Waals surface area contributed by atoms with Crippen molar-refractivity contribution in [3.8, 4) is 0 Å². The minimum Gasteiger partial charge on any atom is -0.467 e. The van der Waals surface area contributed by atoms with Gasteiger partial charge in [0.25, 0.3) is 11.8 Å². The Morgan fingerprint density at radius 3 is 2.45 bits per heavy atom. The predicted octanol–water partition coefficient (Wildman–Crippen LogP) is 3.58. The van der Waals surface area contributed by atoms with Crippen LogP contribution in [-0.2, 0) is 43.0 Å². The number of amides is 3. The highest BCUT2D eigenvalue weighted by Crippen LogP contribution is 2.37. The maximum Gasteiger partial charge on any atom is 0.418 e. The van der Waals surface area contributed by atoms with Gasteiger partial charge in [-0.15, -0.1) is 11.3 Å². The van der Waals surface area contributed by atoms with Crippen LogP contribution < -0.4 is 16.0 Å². The fourth-order valence-corrected chi connectivity index (χ4v) is 4.89. The smallest absolute Gasteiger partial charge is 0.418 e. The van der Waals surface area contributed by atoms with Gasteiger partial charge in [-0.05, 0) is 50.5 Å². The molecule has 216 valence electrons. The number of carbonyl (C=O) groups is 5. The summed E-state index contributed by atoms with van der Waals surface area (Å²) in [6.45, 7) is 4.85. The highest BCUT2D eigenvalue weighted by molar-refractivity contribution is 7.16. The summed E-state index contributed by atoms with van der Waals surface area (Å²) in [4.78, 5) is 60.3. The van der Waals surface area contributed by atoms with Crippen molar-refractivity contribution in [1.29, 1.82) is 0 Å². The first kappa shape index (κ1) is 30.6. The van der Waals surface area contributed by atoms with Crippen LogP contribution in [0.4, 0.5) is 18.9 Å². The van der Waals surface area contributed by atoms with E-state index >= 15 is 0 Å². The van der Waals surface area contributed by atoms with Gasteiger partial charge in [0.15, 0.2) is 0 Å². The second-order valence-corrected chi connectivity index (χ2v) is 10.9. The second kappa shape index (κ2) is 12.1. The number of carbonyl (C=O) groups excluding carboxylic acids is 5. The van der Waals surface area contributed by atoms with Crippen LogP contribution in [0.25, 0.3) is 0 Å². The fourth-order valence-electron chi connectivity index (χ4n) is 3.90. The van der Waals surface area contributed by atoms with Crippen molar-refractivity contribution in [1.82, 2.24) is 10.6 Å². The quantitative estimate of drug-likeness (QED) is 0.384. The molecule has 2 heterocycles. The molecule has 1 aromatic heterocycles. The third kappa shape index (κ3) is 7.81. The van der Waals surface area contributed by atoms with Crippen molar-refractivity contribution in [3.63, 3.8) is 0 Å². The summed E-state index contributed by atoms with van der Waals surface area (Å²) in [5.74, 6) is -3.98. The number of methoxy groups -OCH3 is 1. The van der Waals surface area contributed by atoms with E-state index < -0.39 is 52.0 Å². The van der Waals surface area contributed by atoms with Gasteiger partial charge in [0.1, 0.15) is 16.5 Å². The van der Waals surface area contributed by atoms with Crippen molar-refractivity contribution < 1.29 is 46.6 Å². The van der Waals surface area contributed by atoms with E-state index in [2.05, 4.69) is 20.7 Å². The second-order valence-electron chi connectivity index (χ2n) is 9.88. The Bertz CT molecular complexity index is 1330. The van der Waals surface area contributed by atoms with Gasteiger partial charge in [0, 0.05) is 18.7 Å². The molecule has 3 N–H and O–H groups in total. The minimum atomic E-state index is -4.98. The first-order chi connectivity index (χ1) is 18.6. The summed E-state index contributed by atoms with van der Waals surface area (Å²) in [5, 5.41) is 7.37. The van der Waals surface area contributed by atoms with E-state index in [-0.39, 0.29) is 36.6 Å². The SMILES string of the molecule is COC(=O)[C@H](CCC(=O)OC(C)(C)C)NC(=O)c1sc(C(=O)NCc2cccc3c2CC(=O)N3)cc1C(F)(F)F. The molecule has 0 saturated heterocycles. The number of esters is 2. The Kier molecular flexibility index (Phi) is 9.23. The number of benzene rings is 1. The first-order valence-electron chi connectivity index (χ1n) is 12.1. The van der Waals surface area contributed by atoms with Crippen LogP contribution in [0, 0.1) is 0 Å². The van der Waals surface area contributed by atoms with Crippen LogP contribution in [0.3, 0.4) is 0 Å². The Balaban J connectivity index is 1.76. The molecule has 0 radical (unpaired) electrons. The molecule has 1 aromatic carbocycles. The minimum absolute atomic E-state index is 0.0627. The van der Waals surface area contributed by atoms with E-state index in [9.17, 15) is 37.1 Å². The molecule has 2 aromatic rings. The molecule has 0 aliphatic carbocycles. The number of anilines is 1. The number of alkyl halides is 3. The Labute approximate surface area is 231 Å². The Morgan fingerprint density at radius 2 is 1.82 bits per heavy atom. The van der Waals surface area contributed by atoms with Crippen LogP contribution >= 0.6 is 11.3 Å². The molecule has 40 heavy (non-hydrogen) atoms. The molecule has 0 fully saturated rings. The lowest BCUT2D eigenvalue weighted by atomic mass is 10.0. The lowest BCUT2D eigenvalue weighted by Crippen LogP contribution is -2.42. The molecule has 10 nitrogen and oxygen atoms in total. The first-order valence-corrected chi connectivity index (χ1v) is 12.9. The molecule has 14 heteroatoms. The number of nitrogens with one attached hydrogen (secondary N) is 3. The molecule has 0 saturated carbocycles. The number of hydrogen-bond donors (Lipinski definition) is 3. The maximum absolute atomic E-state index is 13.8. The summed E-state index contributed by atoms with van der Waals surface area (Å²) in [5.41, 5.74) is -0.272. The summed E-state index contributed by atoms with van der Waals surface area (Å²) >= 11 is 0.303. The molecule has 3 rings (SSSR count). The van der Waals surface area contributed by atoms with E-state index in [1.807, 2.05) is 0 Å². The van der Waals surface area contributed by atoms with E-state index in [0.717, 1.165) is 7.11 Å². The van der Waals surface area contributed by atoms with E-state index in [1.165, 1.54) is 0 Å². The van der Waals surface area contributed by atoms with Gasteiger partial charge in [0.05, 0.1) is 24.0 Å². The van der Waals surface area contributed by atoms with E-state index in [0.29, 0.717) is 34.2 Å². The zero-order valence-electron chi connectivity index (χ0n) is 22.1. The van der Waals surface area contributed by atoms with Gasteiger partial charge < -0.3 is 25.4 Å². The van der Waals surface area contributed by atoms with Crippen molar-refractivity contribution in [3.05, 3.63) is 50.7 Å². The monoisotopic (exact) mass is 583 g/mol. The summed E-state index contributed by atoms with van der Waals surface area (Å²) in [7, 11) is 1.03. The summed E-state index contributed by atoms with van der Waals surface area (Å²) in [6, 6.07) is 4.16. The van der Waals surface area contributed by atoms with Gasteiger partial charge in [-0.2, -0.15) is 13.2 Å². The van der Waals surface area contributed by atoms with Crippen LogP contribution in [-0.4, -0.2) is 48.4 Å². The number of fused-ring (bicyclic) bond motifs is 1. The molecule has 0 bridgehead atoms. The molecule has 0 unspecified atom stereocenters. The predicted molar refractivity (Wildman–Crippen MR) is 138 cm³/mol. The highest BCUT2D eigenvalue weighted by Gasteiger charge is 2.39. The third-order valence-corrected chi connectivity index (χ3v) is 6.77. The van der Waals surface area contributed by atoms with Crippen LogP contribution in [0.2, 0.25) is 0 Å². The normalized spacial score (nSPS) is 13.6. The molecule has 1 aliphatic rings. The molecule has 3 amide bonds. The number of hydrogen-bond acceptors (Lipinski definition) is 8. The van der Waals surface area contributed by atoms with Crippen LogP contribution in [0.1, 0.15) is 69.6 Å². The standard InChI is InChI=1S/C26H28F3N3O7S/c1-25(2,3)39-20(34)9-8-17(24(37)38-4)32-23(36)21-15(26(27,28)29)11-18(40-21)22(35)30-12-13-6-5-7-16-14(13)10-19(33)31-16/h5-7,11,17H,8-10,12H2,1-4H3,(H,30,35)(H,31,33)(H,32,36)/t17-/m0/s1. The van der Waals surface area contributed by atoms with E-state index in [1.54, 1.807) is 39.0 Å². The summed E-state index contributed by atoms with van der Waals surface area (Å²) < 4.78 is 51.2. The van der Waals surface area contributed by atoms with Gasteiger partial charge >= 0.3 is 18.1 Å². The molecule has 0 spiro atoms. The van der Waals surface area contributed by atoms with Crippen LogP contribution in [0.15, 0.2) is 24.3 Å². The molecule has 1 atom stereocenters. The largest absolute Gasteiger partial charge is 0.467 e. The zero-order valence-corrected chi connectivity index (χ0v) is 22.9. The third-order valence-electron chi connectivity index (χ3n) is 5.64. The van der Waals surface area contributed by atoms with Crippen molar-refractivity contribution in [2.45, 2.75) is 64.4 Å². The van der Waals surface area contributed by atoms with Crippen molar-refractivity contribution in [2.24, 2.45) is 0 Å². The van der Waals surface area contributed by atoms with Crippen molar-refractivity contribution >= 4 is 46.7 Å². The molecular weight excluding hydrogens is 555 g/mol. The van der Waals surface area contributed by atoms with E-state index in [4.69, 9.17) is 4.74 Å². The Morgan fingerprint density at radius 1 is 1.12 bits per heavy atom. The van der Waals surface area contributed by atoms with Crippen molar-refractivity contribution in [2.75, 3.05) is 12.4 Å². The fraction of sp³-hybridized carbons (Fsp3) is 0.423. The average molecular weight is 584 g/mol. The number of thiophene rings is 1. The number of ether oxygens (including phenoxy) is 2. The molecular formula is C26H28F3N3O7S.